The number of carbonyl (C=O) groups is 2. The maximum absolute atomic E-state index is 12.2. The lowest BCUT2D eigenvalue weighted by atomic mass is 10.2. The Morgan fingerprint density at radius 3 is 2.21 bits per heavy atom. The fraction of sp³-hybridized carbons (Fsp3) is 0.389. The fourth-order valence-electron chi connectivity index (χ4n) is 2.62. The first kappa shape index (κ1) is 19.7. The molecule has 0 fully saturated rings. The number of hydrogen-bond donors (Lipinski definition) is 4. The molecule has 3 aromatic heterocycles. The molecule has 0 aliphatic carbocycles. The van der Waals surface area contributed by atoms with Gasteiger partial charge in [0.15, 0.2) is 10.8 Å². The molecule has 3 rings (SSSR count). The lowest BCUT2D eigenvalue weighted by Crippen LogP contribution is -2.23. The molecular formula is C18H23N7O2S. The summed E-state index contributed by atoms with van der Waals surface area (Å²) >= 11 is 1.29. The van der Waals surface area contributed by atoms with E-state index < -0.39 is 0 Å². The molecule has 0 aliphatic heterocycles. The number of thiazole rings is 1. The lowest BCUT2D eigenvalue weighted by molar-refractivity contribution is 0.0944. The average molecular weight is 401 g/mol. The van der Waals surface area contributed by atoms with Crippen molar-refractivity contribution in [3.63, 3.8) is 0 Å². The number of amides is 2. The van der Waals surface area contributed by atoms with Crippen LogP contribution in [0.1, 0.15) is 64.7 Å². The van der Waals surface area contributed by atoms with Gasteiger partial charge in [0, 0.05) is 16.8 Å². The predicted octanol–water partition coefficient (Wildman–Crippen LogP) is 2.68. The average Bonchev–Trinajstić information content (AvgIpc) is 3.41. The van der Waals surface area contributed by atoms with Crippen molar-refractivity contribution >= 4 is 28.3 Å². The number of anilines is 1. The first-order valence-electron chi connectivity index (χ1n) is 9.21. The molecule has 28 heavy (non-hydrogen) atoms. The minimum absolute atomic E-state index is 0.254. The van der Waals surface area contributed by atoms with Gasteiger partial charge >= 0.3 is 0 Å². The van der Waals surface area contributed by atoms with Crippen molar-refractivity contribution in [3.05, 3.63) is 46.0 Å². The zero-order chi connectivity index (χ0) is 19.9. The molecule has 0 unspecified atom stereocenters. The summed E-state index contributed by atoms with van der Waals surface area (Å²) in [6.07, 6.45) is 3.65. The van der Waals surface area contributed by atoms with Gasteiger partial charge in [-0.05, 0) is 25.0 Å². The second kappa shape index (κ2) is 9.27. The van der Waals surface area contributed by atoms with Crippen LogP contribution in [-0.2, 0) is 19.4 Å². The third-order valence-electron chi connectivity index (χ3n) is 3.97. The number of H-pyrrole nitrogens is 2. The van der Waals surface area contributed by atoms with Crippen LogP contribution >= 0.6 is 11.3 Å². The highest BCUT2D eigenvalue weighted by atomic mass is 32.1. The Morgan fingerprint density at radius 1 is 1.00 bits per heavy atom. The normalized spacial score (nSPS) is 10.8. The van der Waals surface area contributed by atoms with Gasteiger partial charge in [0.05, 0.1) is 12.2 Å². The molecule has 0 radical (unpaired) electrons. The molecule has 0 saturated heterocycles. The van der Waals surface area contributed by atoms with Gasteiger partial charge in [-0.2, -0.15) is 10.2 Å². The molecule has 9 nitrogen and oxygen atoms in total. The first-order chi connectivity index (χ1) is 13.6. The van der Waals surface area contributed by atoms with Crippen molar-refractivity contribution in [1.29, 1.82) is 0 Å². The van der Waals surface area contributed by atoms with E-state index in [-0.39, 0.29) is 18.4 Å². The molecule has 0 bridgehead atoms. The first-order valence-corrected chi connectivity index (χ1v) is 10.1. The molecule has 2 amide bonds. The minimum Gasteiger partial charge on any atom is -0.345 e. The summed E-state index contributed by atoms with van der Waals surface area (Å²) < 4.78 is 0. The van der Waals surface area contributed by atoms with Crippen LogP contribution in [0.15, 0.2) is 17.5 Å². The molecule has 3 heterocycles. The maximum Gasteiger partial charge on any atom is 0.277 e. The number of rotatable bonds is 9. The molecule has 0 spiro atoms. The lowest BCUT2D eigenvalue weighted by Gasteiger charge is -2.00. The minimum atomic E-state index is -0.316. The number of aromatic amines is 2. The van der Waals surface area contributed by atoms with Crippen LogP contribution in [0.5, 0.6) is 0 Å². The SMILES string of the molecule is CCCc1cc(C(=O)NCc2csc(NC(=O)c3cc(CCC)[nH]n3)n2)n[nH]1. The van der Waals surface area contributed by atoms with Crippen molar-refractivity contribution in [1.82, 2.24) is 30.7 Å². The van der Waals surface area contributed by atoms with Gasteiger partial charge in [-0.25, -0.2) is 4.98 Å². The molecule has 10 heteroatoms. The second-order valence-electron chi connectivity index (χ2n) is 6.34. The summed E-state index contributed by atoms with van der Waals surface area (Å²) in [6.45, 7) is 4.38. The van der Waals surface area contributed by atoms with Gasteiger partial charge in [-0.15, -0.1) is 11.3 Å². The Morgan fingerprint density at radius 2 is 1.61 bits per heavy atom. The standard InChI is InChI=1S/C18H23N7O2S/c1-3-5-11-7-14(24-22-11)16(26)19-9-13-10-28-18(20-13)21-17(27)15-8-12(6-4-2)23-25-15/h7-8,10H,3-6,9H2,1-2H3,(H,19,26)(H,22,24)(H,23,25)(H,20,21,27). The third-order valence-corrected chi connectivity index (χ3v) is 4.77. The Balaban J connectivity index is 1.51. The summed E-state index contributed by atoms with van der Waals surface area (Å²) in [6, 6.07) is 3.49. The van der Waals surface area contributed by atoms with Crippen LogP contribution in [0.4, 0.5) is 5.13 Å². The molecule has 4 N–H and O–H groups in total. The Bertz CT molecular complexity index is 943. The topological polar surface area (TPSA) is 128 Å². The van der Waals surface area contributed by atoms with Crippen molar-refractivity contribution in [2.24, 2.45) is 0 Å². The summed E-state index contributed by atoms with van der Waals surface area (Å²) in [5, 5.41) is 21.5. The molecule has 0 aliphatic rings. The quantitative estimate of drug-likeness (QED) is 0.438. The Labute approximate surface area is 166 Å². The molecular weight excluding hydrogens is 378 g/mol. The monoisotopic (exact) mass is 401 g/mol. The van der Waals surface area contributed by atoms with E-state index in [4.69, 9.17) is 0 Å². The van der Waals surface area contributed by atoms with Crippen molar-refractivity contribution < 1.29 is 9.59 Å². The highest BCUT2D eigenvalue weighted by Crippen LogP contribution is 2.16. The van der Waals surface area contributed by atoms with E-state index in [1.165, 1.54) is 11.3 Å². The molecule has 148 valence electrons. The zero-order valence-electron chi connectivity index (χ0n) is 15.8. The summed E-state index contributed by atoms with van der Waals surface area (Å²) in [4.78, 5) is 28.7. The van der Waals surface area contributed by atoms with E-state index in [1.54, 1.807) is 17.5 Å². The van der Waals surface area contributed by atoms with Gasteiger partial charge in [0.1, 0.15) is 5.69 Å². The molecule has 0 atom stereocenters. The van der Waals surface area contributed by atoms with Crippen LogP contribution in [0, 0.1) is 0 Å². The number of nitrogens with zero attached hydrogens (tertiary/aromatic N) is 3. The third kappa shape index (κ3) is 5.03. The predicted molar refractivity (Wildman–Crippen MR) is 106 cm³/mol. The van der Waals surface area contributed by atoms with Crippen LogP contribution in [0.3, 0.4) is 0 Å². The molecule has 0 saturated carbocycles. The van der Waals surface area contributed by atoms with Gasteiger partial charge in [0.2, 0.25) is 0 Å². The molecule has 0 aromatic carbocycles. The van der Waals surface area contributed by atoms with Crippen molar-refractivity contribution in [2.45, 2.75) is 46.1 Å². The zero-order valence-corrected chi connectivity index (χ0v) is 16.7. The maximum atomic E-state index is 12.2. The van der Waals surface area contributed by atoms with Crippen LogP contribution in [0.2, 0.25) is 0 Å². The largest absolute Gasteiger partial charge is 0.345 e. The summed E-state index contributed by atoms with van der Waals surface area (Å²) in [5.74, 6) is -0.583. The van der Waals surface area contributed by atoms with Crippen LogP contribution in [-0.4, -0.2) is 37.2 Å². The van der Waals surface area contributed by atoms with E-state index in [9.17, 15) is 9.59 Å². The number of aryl methyl sites for hydroxylation is 2. The fourth-order valence-corrected chi connectivity index (χ4v) is 3.32. The van der Waals surface area contributed by atoms with Gasteiger partial charge in [-0.1, -0.05) is 26.7 Å². The van der Waals surface area contributed by atoms with E-state index in [0.717, 1.165) is 37.1 Å². The van der Waals surface area contributed by atoms with E-state index in [1.807, 2.05) is 0 Å². The number of hydrogen-bond acceptors (Lipinski definition) is 6. The second-order valence-corrected chi connectivity index (χ2v) is 7.20. The van der Waals surface area contributed by atoms with Crippen molar-refractivity contribution in [2.75, 3.05) is 5.32 Å². The summed E-state index contributed by atoms with van der Waals surface area (Å²) in [7, 11) is 0. The van der Waals surface area contributed by atoms with Gasteiger partial charge in [-0.3, -0.25) is 25.1 Å². The summed E-state index contributed by atoms with van der Waals surface area (Å²) in [5.41, 5.74) is 3.21. The van der Waals surface area contributed by atoms with Gasteiger partial charge < -0.3 is 5.32 Å². The van der Waals surface area contributed by atoms with E-state index in [2.05, 4.69) is 49.9 Å². The Kier molecular flexibility index (Phi) is 6.53. The smallest absolute Gasteiger partial charge is 0.277 e. The number of aromatic nitrogens is 5. The highest BCUT2D eigenvalue weighted by molar-refractivity contribution is 7.13. The highest BCUT2D eigenvalue weighted by Gasteiger charge is 2.14. The number of carbonyl (C=O) groups excluding carboxylic acids is 2. The van der Waals surface area contributed by atoms with Gasteiger partial charge in [0.25, 0.3) is 11.8 Å². The molecule has 3 aromatic rings. The van der Waals surface area contributed by atoms with E-state index in [0.29, 0.717) is 22.2 Å². The number of nitrogens with one attached hydrogen (secondary N) is 4. The van der Waals surface area contributed by atoms with Crippen LogP contribution < -0.4 is 10.6 Å². The van der Waals surface area contributed by atoms with E-state index >= 15 is 0 Å². The van der Waals surface area contributed by atoms with Crippen molar-refractivity contribution in [3.8, 4) is 0 Å². The Hall–Kier alpha value is -3.01. The van der Waals surface area contributed by atoms with Crippen LogP contribution in [0.25, 0.3) is 0 Å².